The molecule has 4 heteroatoms. The van der Waals surface area contributed by atoms with Crippen molar-refractivity contribution < 1.29 is 4.52 Å². The molecule has 0 radical (unpaired) electrons. The SMILES string of the molecule is NCC1(c2cc(N)no2)CC1. The zero-order chi connectivity index (χ0) is 7.90. The van der Waals surface area contributed by atoms with Crippen LogP contribution in [-0.2, 0) is 5.41 Å². The van der Waals surface area contributed by atoms with E-state index in [1.165, 1.54) is 0 Å². The molecule has 0 aliphatic heterocycles. The molecule has 60 valence electrons. The number of rotatable bonds is 2. The Bertz CT molecular complexity index is 264. The molecule has 1 aromatic heterocycles. The van der Waals surface area contributed by atoms with Gasteiger partial charge in [0.1, 0.15) is 5.76 Å². The van der Waals surface area contributed by atoms with Crippen LogP contribution < -0.4 is 11.5 Å². The van der Waals surface area contributed by atoms with Gasteiger partial charge in [-0.25, -0.2) is 0 Å². The van der Waals surface area contributed by atoms with Gasteiger partial charge in [0, 0.05) is 18.0 Å². The molecule has 1 fully saturated rings. The Hall–Kier alpha value is -1.03. The first-order valence-electron chi connectivity index (χ1n) is 3.70. The van der Waals surface area contributed by atoms with Crippen molar-refractivity contribution in [2.75, 3.05) is 12.3 Å². The minimum Gasteiger partial charge on any atom is -0.381 e. The summed E-state index contributed by atoms with van der Waals surface area (Å²) in [6.07, 6.45) is 2.19. The van der Waals surface area contributed by atoms with Crippen LogP contribution in [0.4, 0.5) is 5.82 Å². The summed E-state index contributed by atoms with van der Waals surface area (Å²) in [5.74, 6) is 1.29. The lowest BCUT2D eigenvalue weighted by Crippen LogP contribution is -2.18. The quantitative estimate of drug-likeness (QED) is 0.638. The van der Waals surface area contributed by atoms with Gasteiger partial charge in [0.2, 0.25) is 0 Å². The van der Waals surface area contributed by atoms with Gasteiger partial charge >= 0.3 is 0 Å². The first-order valence-corrected chi connectivity index (χ1v) is 3.70. The average molecular weight is 153 g/mol. The maximum atomic E-state index is 5.58. The Morgan fingerprint density at radius 3 is 2.73 bits per heavy atom. The van der Waals surface area contributed by atoms with E-state index in [0.29, 0.717) is 12.4 Å². The highest BCUT2D eigenvalue weighted by atomic mass is 16.5. The van der Waals surface area contributed by atoms with E-state index in [0.717, 1.165) is 18.6 Å². The summed E-state index contributed by atoms with van der Waals surface area (Å²) in [7, 11) is 0. The van der Waals surface area contributed by atoms with E-state index in [4.69, 9.17) is 16.0 Å². The predicted octanol–water partition coefficient (Wildman–Crippen LogP) is 0.247. The predicted molar refractivity (Wildman–Crippen MR) is 40.9 cm³/mol. The van der Waals surface area contributed by atoms with Gasteiger partial charge in [0.25, 0.3) is 0 Å². The molecule has 0 atom stereocenters. The van der Waals surface area contributed by atoms with Gasteiger partial charge < -0.3 is 16.0 Å². The monoisotopic (exact) mass is 153 g/mol. The first-order chi connectivity index (χ1) is 5.27. The van der Waals surface area contributed by atoms with Crippen molar-refractivity contribution in [3.05, 3.63) is 11.8 Å². The molecule has 1 heterocycles. The second kappa shape index (κ2) is 1.98. The largest absolute Gasteiger partial charge is 0.381 e. The van der Waals surface area contributed by atoms with Crippen LogP contribution in [0.15, 0.2) is 10.6 Å². The lowest BCUT2D eigenvalue weighted by molar-refractivity contribution is 0.356. The number of hydrogen-bond donors (Lipinski definition) is 2. The Morgan fingerprint density at radius 1 is 1.64 bits per heavy atom. The van der Waals surface area contributed by atoms with Crippen molar-refractivity contribution in [2.45, 2.75) is 18.3 Å². The topological polar surface area (TPSA) is 78.1 Å². The van der Waals surface area contributed by atoms with Gasteiger partial charge in [-0.3, -0.25) is 0 Å². The third-order valence-corrected chi connectivity index (χ3v) is 2.30. The summed E-state index contributed by atoms with van der Waals surface area (Å²) in [6.45, 7) is 0.627. The molecule has 11 heavy (non-hydrogen) atoms. The second-order valence-electron chi connectivity index (χ2n) is 3.10. The molecule has 0 aromatic carbocycles. The van der Waals surface area contributed by atoms with Crippen LogP contribution in [0.3, 0.4) is 0 Å². The molecule has 0 spiro atoms. The van der Waals surface area contributed by atoms with Crippen molar-refractivity contribution in [1.29, 1.82) is 0 Å². The lowest BCUT2D eigenvalue weighted by atomic mass is 10.0. The fourth-order valence-electron chi connectivity index (χ4n) is 1.24. The number of hydrogen-bond acceptors (Lipinski definition) is 4. The van der Waals surface area contributed by atoms with Gasteiger partial charge in [-0.2, -0.15) is 0 Å². The molecule has 1 aliphatic carbocycles. The summed E-state index contributed by atoms with van der Waals surface area (Å²) in [5.41, 5.74) is 11.1. The van der Waals surface area contributed by atoms with Crippen LogP contribution in [-0.4, -0.2) is 11.7 Å². The first kappa shape index (κ1) is 6.67. The highest BCUT2D eigenvalue weighted by molar-refractivity contribution is 5.33. The van der Waals surface area contributed by atoms with Gasteiger partial charge in [-0.05, 0) is 12.8 Å². The molecule has 0 saturated heterocycles. The molecule has 0 amide bonds. The molecule has 1 aromatic rings. The third-order valence-electron chi connectivity index (χ3n) is 2.30. The van der Waals surface area contributed by atoms with E-state index in [1.807, 2.05) is 0 Å². The lowest BCUT2D eigenvalue weighted by Gasteiger charge is -2.04. The van der Waals surface area contributed by atoms with Crippen LogP contribution in [0.5, 0.6) is 0 Å². The standard InChI is InChI=1S/C7H11N3O/c8-4-7(1-2-7)5-3-6(9)10-11-5/h3H,1-2,4,8H2,(H2,9,10). The summed E-state index contributed by atoms with van der Waals surface area (Å²) in [5, 5.41) is 3.62. The Morgan fingerprint density at radius 2 is 2.36 bits per heavy atom. The second-order valence-corrected chi connectivity index (χ2v) is 3.10. The zero-order valence-electron chi connectivity index (χ0n) is 6.21. The Balaban J connectivity index is 2.29. The number of nitrogen functional groups attached to an aromatic ring is 1. The van der Waals surface area contributed by atoms with E-state index >= 15 is 0 Å². The van der Waals surface area contributed by atoms with Gasteiger partial charge in [0.15, 0.2) is 5.82 Å². The van der Waals surface area contributed by atoms with Crippen LogP contribution in [0.25, 0.3) is 0 Å². The number of anilines is 1. The molecule has 1 saturated carbocycles. The van der Waals surface area contributed by atoms with E-state index < -0.39 is 0 Å². The van der Waals surface area contributed by atoms with Crippen LogP contribution in [0.1, 0.15) is 18.6 Å². The maximum Gasteiger partial charge on any atom is 0.167 e. The van der Waals surface area contributed by atoms with Gasteiger partial charge in [-0.15, -0.1) is 0 Å². The smallest absolute Gasteiger partial charge is 0.167 e. The number of nitrogens with zero attached hydrogens (tertiary/aromatic N) is 1. The Kier molecular flexibility index (Phi) is 1.20. The van der Waals surface area contributed by atoms with Crippen molar-refractivity contribution in [3.63, 3.8) is 0 Å². The normalized spacial score (nSPS) is 20.1. The van der Waals surface area contributed by atoms with E-state index in [9.17, 15) is 0 Å². The summed E-state index contributed by atoms with van der Waals surface area (Å²) >= 11 is 0. The molecule has 4 N–H and O–H groups in total. The van der Waals surface area contributed by atoms with Crippen LogP contribution >= 0.6 is 0 Å². The van der Waals surface area contributed by atoms with Crippen LogP contribution in [0, 0.1) is 0 Å². The van der Waals surface area contributed by atoms with Crippen LogP contribution in [0.2, 0.25) is 0 Å². The van der Waals surface area contributed by atoms with Gasteiger partial charge in [-0.1, -0.05) is 5.16 Å². The minimum atomic E-state index is 0.0740. The van der Waals surface area contributed by atoms with Crippen molar-refractivity contribution in [1.82, 2.24) is 5.16 Å². The van der Waals surface area contributed by atoms with Crippen molar-refractivity contribution in [2.24, 2.45) is 5.73 Å². The summed E-state index contributed by atoms with van der Waals surface area (Å²) in [4.78, 5) is 0. The van der Waals surface area contributed by atoms with E-state index in [2.05, 4.69) is 5.16 Å². The van der Waals surface area contributed by atoms with E-state index in [-0.39, 0.29) is 5.41 Å². The molecule has 0 unspecified atom stereocenters. The third kappa shape index (κ3) is 0.903. The van der Waals surface area contributed by atoms with Crippen molar-refractivity contribution >= 4 is 5.82 Å². The van der Waals surface area contributed by atoms with Crippen molar-refractivity contribution in [3.8, 4) is 0 Å². The summed E-state index contributed by atoms with van der Waals surface area (Å²) < 4.78 is 5.03. The number of aromatic nitrogens is 1. The highest BCUT2D eigenvalue weighted by Gasteiger charge is 2.46. The Labute approximate surface area is 64.5 Å². The zero-order valence-corrected chi connectivity index (χ0v) is 6.21. The maximum absolute atomic E-state index is 5.58. The number of nitrogens with two attached hydrogens (primary N) is 2. The molecule has 4 nitrogen and oxygen atoms in total. The van der Waals surface area contributed by atoms with Gasteiger partial charge in [0.05, 0.1) is 0 Å². The molecule has 1 aliphatic rings. The highest BCUT2D eigenvalue weighted by Crippen LogP contribution is 2.47. The molecular weight excluding hydrogens is 142 g/mol. The molecular formula is C7H11N3O. The fraction of sp³-hybridized carbons (Fsp3) is 0.571. The minimum absolute atomic E-state index is 0.0740. The van der Waals surface area contributed by atoms with E-state index in [1.54, 1.807) is 6.07 Å². The fourth-order valence-corrected chi connectivity index (χ4v) is 1.24. The summed E-state index contributed by atoms with van der Waals surface area (Å²) in [6, 6.07) is 1.76. The molecule has 2 rings (SSSR count). The average Bonchev–Trinajstić information content (AvgIpc) is 2.70. The molecule has 0 bridgehead atoms.